The lowest BCUT2D eigenvalue weighted by atomic mass is 9.99. The Morgan fingerprint density at radius 3 is 2.40 bits per heavy atom. The van der Waals surface area contributed by atoms with Crippen LogP contribution in [0.25, 0.3) is 0 Å². The second-order valence-electron chi connectivity index (χ2n) is 4.86. The van der Waals surface area contributed by atoms with Crippen LogP contribution in [-0.4, -0.2) is 6.54 Å². The van der Waals surface area contributed by atoms with Gasteiger partial charge in [-0.05, 0) is 58.1 Å². The van der Waals surface area contributed by atoms with E-state index in [1.165, 1.54) is 5.56 Å². The molecule has 0 bridgehead atoms. The van der Waals surface area contributed by atoms with Crippen LogP contribution in [0.5, 0.6) is 5.75 Å². The van der Waals surface area contributed by atoms with E-state index in [4.69, 9.17) is 10.5 Å². The van der Waals surface area contributed by atoms with Gasteiger partial charge in [-0.2, -0.15) is 0 Å². The third kappa shape index (κ3) is 3.84. The van der Waals surface area contributed by atoms with Gasteiger partial charge in [0.25, 0.3) is 0 Å². The first-order chi connectivity index (χ1) is 9.63. The van der Waals surface area contributed by atoms with E-state index in [0.717, 1.165) is 20.8 Å². The number of ether oxygens (including phenoxy) is 1. The predicted molar refractivity (Wildman–Crippen MR) is 89.6 cm³/mol. The van der Waals surface area contributed by atoms with Crippen molar-refractivity contribution in [3.8, 4) is 5.75 Å². The number of hydrogen-bond acceptors (Lipinski definition) is 3. The summed E-state index contributed by atoms with van der Waals surface area (Å²) in [4.78, 5) is 1.14. The Labute approximate surface area is 133 Å². The third-order valence-corrected chi connectivity index (χ3v) is 5.18. The van der Waals surface area contributed by atoms with Gasteiger partial charge < -0.3 is 10.5 Å². The highest BCUT2D eigenvalue weighted by Gasteiger charge is 2.14. The molecule has 0 aliphatic rings. The number of thiophene rings is 1. The lowest BCUT2D eigenvalue weighted by Crippen LogP contribution is -2.17. The molecule has 1 aromatic heterocycles. The molecule has 0 radical (unpaired) electrons. The molecule has 2 N–H and O–H groups in total. The Hall–Kier alpha value is -0.840. The van der Waals surface area contributed by atoms with E-state index in [2.05, 4.69) is 48.0 Å². The van der Waals surface area contributed by atoms with Gasteiger partial charge in [0, 0.05) is 11.4 Å². The minimum Gasteiger partial charge on any atom is -0.484 e. The fourth-order valence-electron chi connectivity index (χ4n) is 2.00. The summed E-state index contributed by atoms with van der Waals surface area (Å²) in [6.07, 6.45) is 1.07. The van der Waals surface area contributed by atoms with Gasteiger partial charge in [-0.25, -0.2) is 0 Å². The van der Waals surface area contributed by atoms with E-state index in [0.29, 0.717) is 12.5 Å². The van der Waals surface area contributed by atoms with Crippen LogP contribution < -0.4 is 10.5 Å². The van der Waals surface area contributed by atoms with Crippen molar-refractivity contribution in [1.29, 1.82) is 0 Å². The Balaban J connectivity index is 2.08. The number of rotatable bonds is 6. The fraction of sp³-hybridized carbons (Fsp3) is 0.375. The molecule has 2 nitrogen and oxygen atoms in total. The summed E-state index contributed by atoms with van der Waals surface area (Å²) >= 11 is 5.13. The van der Waals surface area contributed by atoms with Gasteiger partial charge in [-0.3, -0.25) is 0 Å². The van der Waals surface area contributed by atoms with Crippen LogP contribution in [0, 0.1) is 0 Å². The molecule has 0 aliphatic heterocycles. The lowest BCUT2D eigenvalue weighted by molar-refractivity contribution is 0.218. The summed E-state index contributed by atoms with van der Waals surface area (Å²) in [6, 6.07) is 12.4. The Kier molecular flexibility index (Phi) is 5.64. The molecule has 0 amide bonds. The maximum atomic E-state index is 6.00. The molecule has 2 aromatic rings. The molecular formula is C16H20BrNOS. The molecule has 2 rings (SSSR count). The third-order valence-electron chi connectivity index (χ3n) is 3.47. The second-order valence-corrected chi connectivity index (χ2v) is 7.36. The average molecular weight is 354 g/mol. The van der Waals surface area contributed by atoms with Crippen LogP contribution in [0.15, 0.2) is 40.2 Å². The van der Waals surface area contributed by atoms with Crippen molar-refractivity contribution < 1.29 is 4.74 Å². The maximum absolute atomic E-state index is 6.00. The van der Waals surface area contributed by atoms with Gasteiger partial charge in [0.1, 0.15) is 11.9 Å². The predicted octanol–water partition coefficient (Wildman–Crippen LogP) is 5.10. The molecule has 4 heteroatoms. The molecule has 2 unspecified atom stereocenters. The molecule has 0 fully saturated rings. The minimum atomic E-state index is -0.0826. The minimum absolute atomic E-state index is 0.0826. The zero-order valence-corrected chi connectivity index (χ0v) is 14.2. The number of benzene rings is 1. The van der Waals surface area contributed by atoms with Crippen LogP contribution in [-0.2, 0) is 0 Å². The molecule has 0 saturated heterocycles. The summed E-state index contributed by atoms with van der Waals surface area (Å²) in [7, 11) is 0. The van der Waals surface area contributed by atoms with Crippen molar-refractivity contribution >= 4 is 27.3 Å². The molecule has 0 saturated carbocycles. The van der Waals surface area contributed by atoms with Gasteiger partial charge in [-0.15, -0.1) is 11.3 Å². The van der Waals surface area contributed by atoms with E-state index < -0.39 is 0 Å². The molecular weight excluding hydrogens is 334 g/mol. The SMILES string of the molecule is CCC(C)c1ccc(OC(CN)c2ccc(Br)s2)cc1. The maximum Gasteiger partial charge on any atom is 0.145 e. The monoisotopic (exact) mass is 353 g/mol. The summed E-state index contributed by atoms with van der Waals surface area (Å²) in [6.45, 7) is 4.91. The van der Waals surface area contributed by atoms with E-state index in [1.807, 2.05) is 18.2 Å². The van der Waals surface area contributed by atoms with Gasteiger partial charge in [0.2, 0.25) is 0 Å². The number of hydrogen-bond donors (Lipinski definition) is 1. The van der Waals surface area contributed by atoms with Gasteiger partial charge in [0.15, 0.2) is 0 Å². The van der Waals surface area contributed by atoms with Crippen LogP contribution in [0.4, 0.5) is 0 Å². The van der Waals surface area contributed by atoms with Gasteiger partial charge in [-0.1, -0.05) is 26.0 Å². The molecule has 1 aromatic carbocycles. The molecule has 1 heterocycles. The fourth-order valence-corrected chi connectivity index (χ4v) is 3.46. The van der Waals surface area contributed by atoms with Crippen molar-refractivity contribution in [2.24, 2.45) is 5.73 Å². The molecule has 108 valence electrons. The normalized spacial score (nSPS) is 14.0. The quantitative estimate of drug-likeness (QED) is 0.783. The highest BCUT2D eigenvalue weighted by atomic mass is 79.9. The van der Waals surface area contributed by atoms with E-state index >= 15 is 0 Å². The first-order valence-electron chi connectivity index (χ1n) is 6.86. The van der Waals surface area contributed by atoms with Crippen molar-refractivity contribution in [3.63, 3.8) is 0 Å². The van der Waals surface area contributed by atoms with E-state index in [9.17, 15) is 0 Å². The smallest absolute Gasteiger partial charge is 0.145 e. The number of nitrogens with two attached hydrogens (primary N) is 1. The largest absolute Gasteiger partial charge is 0.484 e. The lowest BCUT2D eigenvalue weighted by Gasteiger charge is -2.17. The second kappa shape index (κ2) is 7.25. The average Bonchev–Trinajstić information content (AvgIpc) is 2.91. The van der Waals surface area contributed by atoms with Crippen molar-refractivity contribution in [3.05, 3.63) is 50.6 Å². The van der Waals surface area contributed by atoms with Crippen LogP contribution >= 0.6 is 27.3 Å². The van der Waals surface area contributed by atoms with Crippen LogP contribution in [0.2, 0.25) is 0 Å². The van der Waals surface area contributed by atoms with Crippen LogP contribution in [0.1, 0.15) is 42.7 Å². The summed E-state index contributed by atoms with van der Waals surface area (Å²) in [5.41, 5.74) is 7.18. The van der Waals surface area contributed by atoms with E-state index in [-0.39, 0.29) is 6.10 Å². The van der Waals surface area contributed by atoms with Gasteiger partial charge in [0.05, 0.1) is 3.79 Å². The van der Waals surface area contributed by atoms with Crippen molar-refractivity contribution in [1.82, 2.24) is 0 Å². The highest BCUT2D eigenvalue weighted by Crippen LogP contribution is 2.30. The zero-order chi connectivity index (χ0) is 14.5. The summed E-state index contributed by atoms with van der Waals surface area (Å²) in [5, 5.41) is 0. The van der Waals surface area contributed by atoms with Crippen molar-refractivity contribution in [2.45, 2.75) is 32.3 Å². The first-order valence-corrected chi connectivity index (χ1v) is 8.47. The van der Waals surface area contributed by atoms with Crippen LogP contribution in [0.3, 0.4) is 0 Å². The Morgan fingerprint density at radius 1 is 1.20 bits per heavy atom. The first kappa shape index (κ1) is 15.5. The topological polar surface area (TPSA) is 35.2 Å². The van der Waals surface area contributed by atoms with Crippen molar-refractivity contribution in [2.75, 3.05) is 6.54 Å². The molecule has 20 heavy (non-hydrogen) atoms. The summed E-state index contributed by atoms with van der Waals surface area (Å²) < 4.78 is 7.09. The summed E-state index contributed by atoms with van der Waals surface area (Å²) in [5.74, 6) is 1.46. The molecule has 0 aliphatic carbocycles. The highest BCUT2D eigenvalue weighted by molar-refractivity contribution is 9.11. The molecule has 2 atom stereocenters. The van der Waals surface area contributed by atoms with E-state index in [1.54, 1.807) is 11.3 Å². The Morgan fingerprint density at radius 2 is 1.90 bits per heavy atom. The molecule has 0 spiro atoms. The number of halogens is 1. The Bertz CT molecular complexity index is 538. The van der Waals surface area contributed by atoms with Gasteiger partial charge >= 0.3 is 0 Å². The zero-order valence-electron chi connectivity index (χ0n) is 11.8. The standard InChI is InChI=1S/C16H20BrNOS/c1-3-11(2)12-4-6-13(7-5-12)19-14(10-18)15-8-9-16(17)20-15/h4-9,11,14H,3,10,18H2,1-2H3.